The molecule has 0 bridgehead atoms. The average molecular weight is 363 g/mol. The fourth-order valence-corrected chi connectivity index (χ4v) is 4.36. The van der Waals surface area contributed by atoms with Crippen LogP contribution in [-0.2, 0) is 0 Å². The third-order valence-electron chi connectivity index (χ3n) is 4.72. The second kappa shape index (κ2) is 6.82. The number of nitrogens with zero attached hydrogens (tertiary/aromatic N) is 1. The summed E-state index contributed by atoms with van der Waals surface area (Å²) in [6.45, 7) is 0. The van der Waals surface area contributed by atoms with Crippen LogP contribution in [0, 0.1) is 0 Å². The third kappa shape index (κ3) is 3.05. The van der Waals surface area contributed by atoms with Crippen molar-refractivity contribution in [2.45, 2.75) is 0 Å². The van der Waals surface area contributed by atoms with Gasteiger partial charge in [-0.05, 0) is 41.0 Å². The molecule has 5 aromatic rings. The van der Waals surface area contributed by atoms with Gasteiger partial charge in [0.25, 0.3) is 0 Å². The molecule has 0 aliphatic rings. The summed E-state index contributed by atoms with van der Waals surface area (Å²) in [6, 6.07) is 36.0. The topological polar surface area (TPSA) is 12.9 Å². The Hall–Kier alpha value is -3.23. The van der Waals surface area contributed by atoms with Gasteiger partial charge in [0.15, 0.2) is 0 Å². The van der Waals surface area contributed by atoms with Crippen LogP contribution in [0.5, 0.6) is 0 Å². The lowest BCUT2D eigenvalue weighted by molar-refractivity contribution is 1.42. The Balaban J connectivity index is 1.68. The van der Waals surface area contributed by atoms with Crippen LogP contribution in [-0.4, -0.2) is 4.98 Å². The predicted molar refractivity (Wildman–Crippen MR) is 116 cm³/mol. The van der Waals surface area contributed by atoms with E-state index in [0.29, 0.717) is 0 Å². The minimum Gasteiger partial charge on any atom is -0.247 e. The summed E-state index contributed by atoms with van der Waals surface area (Å²) in [5.74, 6) is 0. The van der Waals surface area contributed by atoms with Gasteiger partial charge >= 0.3 is 0 Å². The van der Waals surface area contributed by atoms with E-state index >= 15 is 0 Å². The predicted octanol–water partition coefficient (Wildman–Crippen LogP) is 7.30. The zero-order valence-electron chi connectivity index (χ0n) is 14.7. The molecule has 0 aliphatic carbocycles. The van der Waals surface area contributed by atoms with Crippen molar-refractivity contribution in [2.75, 3.05) is 0 Å². The number of fused-ring (bicyclic) bond motifs is 1. The largest absolute Gasteiger partial charge is 0.247 e. The van der Waals surface area contributed by atoms with Gasteiger partial charge in [0.1, 0.15) is 0 Å². The van der Waals surface area contributed by atoms with Crippen LogP contribution in [0.15, 0.2) is 103 Å². The van der Waals surface area contributed by atoms with Crippen molar-refractivity contribution in [3.8, 4) is 32.1 Å². The van der Waals surface area contributed by atoms with Crippen molar-refractivity contribution >= 4 is 22.2 Å². The summed E-state index contributed by atoms with van der Waals surface area (Å²) in [4.78, 5) is 7.41. The van der Waals surface area contributed by atoms with Crippen molar-refractivity contribution in [3.63, 3.8) is 0 Å². The van der Waals surface area contributed by atoms with Gasteiger partial charge in [-0.15, -0.1) is 11.3 Å². The van der Waals surface area contributed by atoms with E-state index in [1.807, 2.05) is 0 Å². The highest BCUT2D eigenvalue weighted by molar-refractivity contribution is 7.18. The van der Waals surface area contributed by atoms with E-state index in [1.54, 1.807) is 11.3 Å². The normalized spacial score (nSPS) is 11.0. The maximum atomic E-state index is 4.95. The van der Waals surface area contributed by atoms with Crippen LogP contribution in [0.2, 0.25) is 0 Å². The van der Waals surface area contributed by atoms with Crippen LogP contribution in [0.1, 0.15) is 0 Å². The quantitative estimate of drug-likeness (QED) is 0.328. The number of hydrogen-bond donors (Lipinski definition) is 0. The summed E-state index contributed by atoms with van der Waals surface area (Å²) in [5, 5.41) is 1.19. The van der Waals surface area contributed by atoms with Crippen LogP contribution < -0.4 is 0 Å². The SMILES string of the molecule is c1ccc(-c2ccc(-c3cc(-c4ccccc4)c4ccccc4n3)s2)cc1. The Morgan fingerprint density at radius 2 is 1.19 bits per heavy atom. The first-order chi connectivity index (χ1) is 13.4. The Bertz CT molecular complexity index is 1210. The van der Waals surface area contributed by atoms with Crippen LogP contribution >= 0.6 is 11.3 Å². The number of hydrogen-bond acceptors (Lipinski definition) is 2. The highest BCUT2D eigenvalue weighted by Gasteiger charge is 2.11. The van der Waals surface area contributed by atoms with Crippen molar-refractivity contribution in [1.29, 1.82) is 0 Å². The Labute approximate surface area is 162 Å². The molecule has 1 nitrogen and oxygen atoms in total. The Kier molecular flexibility index (Phi) is 4.04. The van der Waals surface area contributed by atoms with Crippen molar-refractivity contribution in [2.24, 2.45) is 0 Å². The molecule has 0 unspecified atom stereocenters. The van der Waals surface area contributed by atoms with Gasteiger partial charge in [-0.3, -0.25) is 0 Å². The molecule has 0 N–H and O–H groups in total. The highest BCUT2D eigenvalue weighted by Crippen LogP contribution is 2.37. The smallest absolute Gasteiger partial charge is 0.0815 e. The van der Waals surface area contributed by atoms with Crippen molar-refractivity contribution < 1.29 is 0 Å². The lowest BCUT2D eigenvalue weighted by Gasteiger charge is -2.09. The molecule has 0 atom stereocenters. The molecule has 0 spiro atoms. The standard InChI is InChI=1S/C25H17NS/c1-3-9-18(10-4-1)21-17-23(26-22-14-8-7-13-20(21)22)25-16-15-24(27-25)19-11-5-2-6-12-19/h1-17H. The second-order valence-electron chi connectivity index (χ2n) is 6.47. The molecule has 0 aliphatic heterocycles. The molecule has 3 aromatic carbocycles. The average Bonchev–Trinajstić information content (AvgIpc) is 3.25. The van der Waals surface area contributed by atoms with Crippen molar-refractivity contribution in [1.82, 2.24) is 4.98 Å². The maximum absolute atomic E-state index is 4.95. The monoisotopic (exact) mass is 363 g/mol. The second-order valence-corrected chi connectivity index (χ2v) is 7.55. The fraction of sp³-hybridized carbons (Fsp3) is 0. The molecule has 27 heavy (non-hydrogen) atoms. The molecule has 0 radical (unpaired) electrons. The molecule has 0 saturated heterocycles. The number of thiophene rings is 1. The van der Waals surface area contributed by atoms with E-state index in [1.165, 1.54) is 31.8 Å². The summed E-state index contributed by atoms with van der Waals surface area (Å²) in [6.07, 6.45) is 0. The first-order valence-electron chi connectivity index (χ1n) is 8.99. The molecule has 0 fully saturated rings. The van der Waals surface area contributed by atoms with Gasteiger partial charge in [-0.1, -0.05) is 78.9 Å². The third-order valence-corrected chi connectivity index (χ3v) is 5.87. The number of rotatable bonds is 3. The lowest BCUT2D eigenvalue weighted by atomic mass is 10.00. The molecule has 2 heteroatoms. The van der Waals surface area contributed by atoms with Gasteiger partial charge in [0, 0.05) is 10.3 Å². The maximum Gasteiger partial charge on any atom is 0.0815 e. The molecule has 2 aromatic heterocycles. The number of pyridine rings is 1. The lowest BCUT2D eigenvalue weighted by Crippen LogP contribution is -1.88. The molecule has 0 saturated carbocycles. The summed E-state index contributed by atoms with van der Waals surface area (Å²) in [7, 11) is 0. The minimum absolute atomic E-state index is 1.03. The van der Waals surface area contributed by atoms with E-state index in [0.717, 1.165) is 11.2 Å². The van der Waals surface area contributed by atoms with Crippen LogP contribution in [0.4, 0.5) is 0 Å². The molecular weight excluding hydrogens is 346 g/mol. The van der Waals surface area contributed by atoms with E-state index in [4.69, 9.17) is 4.98 Å². The van der Waals surface area contributed by atoms with Gasteiger partial charge < -0.3 is 0 Å². The minimum atomic E-state index is 1.03. The summed E-state index contributed by atoms with van der Waals surface area (Å²) < 4.78 is 0. The van der Waals surface area contributed by atoms with E-state index in [2.05, 4.69) is 103 Å². The Morgan fingerprint density at radius 1 is 0.556 bits per heavy atom. The highest BCUT2D eigenvalue weighted by atomic mass is 32.1. The van der Waals surface area contributed by atoms with Gasteiger partial charge in [0.05, 0.1) is 16.1 Å². The van der Waals surface area contributed by atoms with Crippen LogP contribution in [0.3, 0.4) is 0 Å². The van der Waals surface area contributed by atoms with Crippen LogP contribution in [0.25, 0.3) is 43.0 Å². The van der Waals surface area contributed by atoms with E-state index in [-0.39, 0.29) is 0 Å². The molecule has 2 heterocycles. The Morgan fingerprint density at radius 3 is 1.96 bits per heavy atom. The zero-order chi connectivity index (χ0) is 18.1. The zero-order valence-corrected chi connectivity index (χ0v) is 15.5. The summed E-state index contributed by atoms with van der Waals surface area (Å²) in [5.41, 5.74) is 5.75. The van der Waals surface area contributed by atoms with E-state index < -0.39 is 0 Å². The number of benzene rings is 3. The van der Waals surface area contributed by atoms with Gasteiger partial charge in [-0.25, -0.2) is 4.98 Å². The molecule has 0 amide bonds. The van der Waals surface area contributed by atoms with Gasteiger partial charge in [-0.2, -0.15) is 0 Å². The van der Waals surface area contributed by atoms with E-state index in [9.17, 15) is 0 Å². The van der Waals surface area contributed by atoms with Gasteiger partial charge in [0.2, 0.25) is 0 Å². The molecule has 128 valence electrons. The van der Waals surface area contributed by atoms with Crippen molar-refractivity contribution in [3.05, 3.63) is 103 Å². The first kappa shape index (κ1) is 16.0. The summed E-state index contributed by atoms with van der Waals surface area (Å²) >= 11 is 1.79. The fourth-order valence-electron chi connectivity index (χ4n) is 3.39. The molecular formula is C25H17NS. The number of para-hydroxylation sites is 1. The first-order valence-corrected chi connectivity index (χ1v) is 9.81. The number of aromatic nitrogens is 1. The molecule has 5 rings (SSSR count).